The van der Waals surface area contributed by atoms with Crippen LogP contribution < -0.4 is 4.74 Å². The maximum absolute atomic E-state index is 12.6. The number of nitrogens with zero attached hydrogens (tertiary/aromatic N) is 1. The van der Waals surface area contributed by atoms with Gasteiger partial charge in [0.2, 0.25) is 5.91 Å². The molecule has 1 saturated heterocycles. The highest BCUT2D eigenvalue weighted by atomic mass is 79.9. The lowest BCUT2D eigenvalue weighted by Gasteiger charge is -2.33. The second-order valence-corrected chi connectivity index (χ2v) is 6.77. The van der Waals surface area contributed by atoms with Gasteiger partial charge in [0.25, 0.3) is 0 Å². The SMILES string of the molecule is COc1ccc(Br)c(CC(=O)N2CCCC(CCC(=O)O)C2)c1. The average molecular weight is 384 g/mol. The molecule has 1 fully saturated rings. The molecule has 1 aromatic rings. The van der Waals surface area contributed by atoms with Crippen LogP contribution in [0, 0.1) is 5.92 Å². The first kappa shape index (κ1) is 17.8. The minimum Gasteiger partial charge on any atom is -0.497 e. The summed E-state index contributed by atoms with van der Waals surface area (Å²) in [5.74, 6) is 0.333. The zero-order valence-corrected chi connectivity index (χ0v) is 14.8. The van der Waals surface area contributed by atoms with Crippen LogP contribution in [0.15, 0.2) is 22.7 Å². The van der Waals surface area contributed by atoms with Crippen molar-refractivity contribution >= 4 is 27.8 Å². The molecule has 1 heterocycles. The third kappa shape index (κ3) is 5.23. The average Bonchev–Trinajstić information content (AvgIpc) is 2.55. The number of amides is 1. The third-order valence-corrected chi connectivity index (χ3v) is 5.01. The van der Waals surface area contributed by atoms with Crippen LogP contribution in [0.1, 0.15) is 31.2 Å². The van der Waals surface area contributed by atoms with E-state index in [0.29, 0.717) is 19.4 Å². The van der Waals surface area contributed by atoms with Crippen molar-refractivity contribution < 1.29 is 19.4 Å². The van der Waals surface area contributed by atoms with E-state index in [1.807, 2.05) is 23.1 Å². The smallest absolute Gasteiger partial charge is 0.303 e. The van der Waals surface area contributed by atoms with E-state index < -0.39 is 5.97 Å². The molecule has 0 aliphatic carbocycles. The number of carboxylic acid groups (broad SMARTS) is 1. The van der Waals surface area contributed by atoms with Crippen molar-refractivity contribution in [1.29, 1.82) is 0 Å². The van der Waals surface area contributed by atoms with Crippen LogP contribution in [0.25, 0.3) is 0 Å². The summed E-state index contributed by atoms with van der Waals surface area (Å²) in [6, 6.07) is 5.60. The Balaban J connectivity index is 1.96. The molecule has 1 atom stereocenters. The molecular formula is C17H22BrNO4. The molecule has 0 saturated carbocycles. The number of carbonyl (C=O) groups is 2. The molecule has 2 rings (SSSR count). The van der Waals surface area contributed by atoms with Gasteiger partial charge in [0.15, 0.2) is 0 Å². The summed E-state index contributed by atoms with van der Waals surface area (Å²) in [4.78, 5) is 25.1. The van der Waals surface area contributed by atoms with E-state index in [0.717, 1.165) is 35.2 Å². The van der Waals surface area contributed by atoms with Crippen LogP contribution >= 0.6 is 15.9 Å². The Morgan fingerprint density at radius 2 is 2.22 bits per heavy atom. The maximum atomic E-state index is 12.6. The minimum atomic E-state index is -0.770. The molecule has 0 aromatic heterocycles. The fourth-order valence-electron chi connectivity index (χ4n) is 2.94. The summed E-state index contributed by atoms with van der Waals surface area (Å²) in [6.45, 7) is 1.41. The Morgan fingerprint density at radius 3 is 2.91 bits per heavy atom. The zero-order chi connectivity index (χ0) is 16.8. The Morgan fingerprint density at radius 1 is 1.43 bits per heavy atom. The molecule has 0 bridgehead atoms. The summed E-state index contributed by atoms with van der Waals surface area (Å²) in [6.07, 6.45) is 3.08. The predicted molar refractivity (Wildman–Crippen MR) is 90.6 cm³/mol. The van der Waals surface area contributed by atoms with Gasteiger partial charge in [-0.1, -0.05) is 15.9 Å². The first-order valence-electron chi connectivity index (χ1n) is 7.81. The van der Waals surface area contributed by atoms with E-state index in [1.54, 1.807) is 7.11 Å². The summed E-state index contributed by atoms with van der Waals surface area (Å²) < 4.78 is 6.10. The molecule has 1 amide bonds. The number of carbonyl (C=O) groups excluding carboxylic acids is 1. The number of ether oxygens (including phenoxy) is 1. The first-order valence-corrected chi connectivity index (χ1v) is 8.61. The van der Waals surface area contributed by atoms with Gasteiger partial charge in [0.1, 0.15) is 5.75 Å². The van der Waals surface area contributed by atoms with Gasteiger partial charge in [0, 0.05) is 24.0 Å². The van der Waals surface area contributed by atoms with Gasteiger partial charge >= 0.3 is 5.97 Å². The molecule has 1 N–H and O–H groups in total. The Labute approximate surface area is 144 Å². The molecule has 1 unspecified atom stereocenters. The second-order valence-electron chi connectivity index (χ2n) is 5.91. The number of hydrogen-bond donors (Lipinski definition) is 1. The third-order valence-electron chi connectivity index (χ3n) is 4.23. The number of likely N-dealkylation sites (tertiary alicyclic amines) is 1. The Hall–Kier alpha value is -1.56. The first-order chi connectivity index (χ1) is 11.0. The van der Waals surface area contributed by atoms with Gasteiger partial charge in [-0.15, -0.1) is 0 Å². The van der Waals surface area contributed by atoms with E-state index in [2.05, 4.69) is 15.9 Å². The van der Waals surface area contributed by atoms with Crippen molar-refractivity contribution in [3.63, 3.8) is 0 Å². The van der Waals surface area contributed by atoms with Gasteiger partial charge in [-0.3, -0.25) is 9.59 Å². The van der Waals surface area contributed by atoms with Crippen LogP contribution in [0.5, 0.6) is 5.75 Å². The fourth-order valence-corrected chi connectivity index (χ4v) is 3.33. The van der Waals surface area contributed by atoms with Crippen molar-refractivity contribution in [3.8, 4) is 5.75 Å². The molecule has 1 aromatic carbocycles. The fraction of sp³-hybridized carbons (Fsp3) is 0.529. The monoisotopic (exact) mass is 383 g/mol. The number of piperidine rings is 1. The number of halogens is 1. The van der Waals surface area contributed by atoms with Crippen molar-refractivity contribution in [2.75, 3.05) is 20.2 Å². The highest BCUT2D eigenvalue weighted by Crippen LogP contribution is 2.25. The van der Waals surface area contributed by atoms with Gasteiger partial charge in [-0.2, -0.15) is 0 Å². The highest BCUT2D eigenvalue weighted by Gasteiger charge is 2.24. The standard InChI is InChI=1S/C17H22BrNO4/c1-23-14-5-6-15(18)13(9-14)10-16(20)19-8-2-3-12(11-19)4-7-17(21)22/h5-6,9,12H,2-4,7-8,10-11H2,1H3,(H,21,22). The number of hydrogen-bond acceptors (Lipinski definition) is 3. The van der Waals surface area contributed by atoms with E-state index in [1.165, 1.54) is 0 Å². The second kappa shape index (κ2) is 8.34. The number of aliphatic carboxylic acids is 1. The van der Waals surface area contributed by atoms with E-state index in [9.17, 15) is 9.59 Å². The van der Waals surface area contributed by atoms with Gasteiger partial charge < -0.3 is 14.7 Å². The van der Waals surface area contributed by atoms with Crippen LogP contribution in [0.3, 0.4) is 0 Å². The normalized spacial score (nSPS) is 17.8. The summed E-state index contributed by atoms with van der Waals surface area (Å²) >= 11 is 3.47. The molecule has 1 aliphatic rings. The zero-order valence-electron chi connectivity index (χ0n) is 13.3. The van der Waals surface area contributed by atoms with Crippen molar-refractivity contribution in [1.82, 2.24) is 4.90 Å². The molecular weight excluding hydrogens is 362 g/mol. The molecule has 5 nitrogen and oxygen atoms in total. The van der Waals surface area contributed by atoms with E-state index in [-0.39, 0.29) is 18.2 Å². The number of rotatable bonds is 6. The quantitative estimate of drug-likeness (QED) is 0.819. The lowest BCUT2D eigenvalue weighted by Crippen LogP contribution is -2.40. The number of methoxy groups -OCH3 is 1. The Kier molecular flexibility index (Phi) is 6.45. The van der Waals surface area contributed by atoms with Crippen molar-refractivity contribution in [3.05, 3.63) is 28.2 Å². The van der Waals surface area contributed by atoms with E-state index in [4.69, 9.17) is 9.84 Å². The molecule has 6 heteroatoms. The Bertz CT molecular complexity index is 576. The van der Waals surface area contributed by atoms with Gasteiger partial charge in [0.05, 0.1) is 13.5 Å². The lowest BCUT2D eigenvalue weighted by atomic mass is 9.93. The summed E-state index contributed by atoms with van der Waals surface area (Å²) in [7, 11) is 1.60. The predicted octanol–water partition coefficient (Wildman–Crippen LogP) is 3.10. The van der Waals surface area contributed by atoms with Crippen LogP contribution in [-0.4, -0.2) is 42.1 Å². The molecule has 0 radical (unpaired) electrons. The highest BCUT2D eigenvalue weighted by molar-refractivity contribution is 9.10. The maximum Gasteiger partial charge on any atom is 0.303 e. The lowest BCUT2D eigenvalue weighted by molar-refractivity contribution is -0.137. The van der Waals surface area contributed by atoms with Crippen molar-refractivity contribution in [2.24, 2.45) is 5.92 Å². The number of benzene rings is 1. The number of carboxylic acids is 1. The minimum absolute atomic E-state index is 0.0824. The largest absolute Gasteiger partial charge is 0.497 e. The van der Waals surface area contributed by atoms with Crippen LogP contribution in [0.4, 0.5) is 0 Å². The topological polar surface area (TPSA) is 66.8 Å². The van der Waals surface area contributed by atoms with Gasteiger partial charge in [-0.25, -0.2) is 0 Å². The molecule has 1 aliphatic heterocycles. The van der Waals surface area contributed by atoms with E-state index >= 15 is 0 Å². The van der Waals surface area contributed by atoms with Crippen LogP contribution in [-0.2, 0) is 16.0 Å². The van der Waals surface area contributed by atoms with Gasteiger partial charge in [-0.05, 0) is 48.9 Å². The molecule has 0 spiro atoms. The molecule has 23 heavy (non-hydrogen) atoms. The summed E-state index contributed by atoms with van der Waals surface area (Å²) in [5.41, 5.74) is 0.905. The van der Waals surface area contributed by atoms with Crippen molar-refractivity contribution in [2.45, 2.75) is 32.1 Å². The summed E-state index contributed by atoms with van der Waals surface area (Å²) in [5, 5.41) is 8.80. The van der Waals surface area contributed by atoms with Crippen LogP contribution in [0.2, 0.25) is 0 Å². The molecule has 126 valence electrons.